The summed E-state index contributed by atoms with van der Waals surface area (Å²) < 4.78 is 49.5. The zero-order valence-electron chi connectivity index (χ0n) is 7.09. The van der Waals surface area contributed by atoms with Crippen molar-refractivity contribution in [2.24, 2.45) is 0 Å². The molecule has 0 heterocycles. The first kappa shape index (κ1) is 13.3. The summed E-state index contributed by atoms with van der Waals surface area (Å²) in [5.74, 6) is -1.11. The van der Waals surface area contributed by atoms with Gasteiger partial charge in [-0.1, -0.05) is 6.58 Å². The van der Waals surface area contributed by atoms with Gasteiger partial charge in [-0.25, -0.2) is 13.2 Å². The van der Waals surface area contributed by atoms with Crippen LogP contribution in [0.25, 0.3) is 0 Å². The van der Waals surface area contributed by atoms with E-state index in [1.54, 1.807) is 0 Å². The van der Waals surface area contributed by atoms with E-state index in [-0.39, 0.29) is 5.57 Å². The largest absolute Gasteiger partial charge is 0.455 e. The molecule has 0 unspecified atom stereocenters. The lowest BCUT2D eigenvalue weighted by Crippen LogP contribution is -2.31. The van der Waals surface area contributed by atoms with Gasteiger partial charge in [0.15, 0.2) is 6.61 Å². The van der Waals surface area contributed by atoms with E-state index in [0.717, 1.165) is 0 Å². The summed E-state index contributed by atoms with van der Waals surface area (Å²) in [6, 6.07) is 0. The van der Waals surface area contributed by atoms with Crippen LogP contribution in [0.15, 0.2) is 12.2 Å². The first-order valence-electron chi connectivity index (χ1n) is 3.22. The number of hydrogen-bond acceptors (Lipinski definition) is 4. The summed E-state index contributed by atoms with van der Waals surface area (Å²) in [6.45, 7) is 2.73. The minimum Gasteiger partial charge on any atom is -0.455 e. The molecule has 0 aliphatic heterocycles. The van der Waals surface area contributed by atoms with Crippen molar-refractivity contribution in [3.8, 4) is 0 Å². The highest BCUT2D eigenvalue weighted by Crippen LogP contribution is 2.25. The maximum Gasteiger partial charge on any atom is 0.392 e. The van der Waals surface area contributed by atoms with Crippen LogP contribution < -0.4 is 0 Å². The van der Waals surface area contributed by atoms with E-state index in [1.807, 2.05) is 0 Å². The van der Waals surface area contributed by atoms with Crippen molar-refractivity contribution < 1.29 is 26.7 Å². The van der Waals surface area contributed by atoms with Crippen LogP contribution in [-0.4, -0.2) is 26.2 Å². The standard InChI is InChI=1S/C6H7ClF2O4S/c1-4(2)5(10)13-3-6(8,9)14(7,11)12/h1,3H2,2H3. The molecule has 0 N–H and O–H groups in total. The van der Waals surface area contributed by atoms with E-state index < -0.39 is 26.9 Å². The van der Waals surface area contributed by atoms with Crippen molar-refractivity contribution in [3.05, 3.63) is 12.2 Å². The highest BCUT2D eigenvalue weighted by Gasteiger charge is 2.45. The molecule has 0 fully saturated rings. The molecule has 14 heavy (non-hydrogen) atoms. The average molecular weight is 249 g/mol. The molecule has 0 saturated heterocycles. The highest BCUT2D eigenvalue weighted by molar-refractivity contribution is 8.14. The SMILES string of the molecule is C=C(C)C(=O)OCC(F)(F)S(=O)(=O)Cl. The Morgan fingerprint density at radius 2 is 2.00 bits per heavy atom. The fraction of sp³-hybridized carbons (Fsp3) is 0.500. The second-order valence-corrected chi connectivity index (χ2v) is 5.12. The van der Waals surface area contributed by atoms with E-state index in [9.17, 15) is 22.0 Å². The normalized spacial score (nSPS) is 12.3. The number of esters is 1. The van der Waals surface area contributed by atoms with Crippen LogP contribution in [0.4, 0.5) is 8.78 Å². The number of carbonyl (C=O) groups is 1. The Kier molecular flexibility index (Phi) is 4.01. The molecule has 8 heteroatoms. The van der Waals surface area contributed by atoms with E-state index in [1.165, 1.54) is 6.92 Å². The van der Waals surface area contributed by atoms with Gasteiger partial charge in [0, 0.05) is 16.3 Å². The second kappa shape index (κ2) is 4.22. The lowest BCUT2D eigenvalue weighted by molar-refractivity contribution is -0.144. The van der Waals surface area contributed by atoms with Crippen LogP contribution in [-0.2, 0) is 18.6 Å². The molecule has 0 saturated carbocycles. The number of hydrogen-bond donors (Lipinski definition) is 0. The van der Waals surface area contributed by atoms with E-state index in [2.05, 4.69) is 22.0 Å². The molecule has 4 nitrogen and oxygen atoms in total. The Hall–Kier alpha value is -0.690. The summed E-state index contributed by atoms with van der Waals surface area (Å²) in [7, 11) is -0.695. The van der Waals surface area contributed by atoms with Crippen LogP contribution in [0.2, 0.25) is 0 Å². The Labute approximate surface area is 83.9 Å². The van der Waals surface area contributed by atoms with Crippen LogP contribution in [0, 0.1) is 0 Å². The predicted octanol–water partition coefficient (Wildman–Crippen LogP) is 1.27. The summed E-state index contributed by atoms with van der Waals surface area (Å²) in [6.07, 6.45) is 0. The van der Waals surface area contributed by atoms with Gasteiger partial charge in [0.2, 0.25) is 0 Å². The van der Waals surface area contributed by atoms with Gasteiger partial charge >= 0.3 is 20.3 Å². The van der Waals surface area contributed by atoms with Gasteiger partial charge in [0.25, 0.3) is 0 Å². The Balaban J connectivity index is 4.42. The number of rotatable bonds is 4. The predicted molar refractivity (Wildman–Crippen MR) is 45.5 cm³/mol. The average Bonchev–Trinajstić information content (AvgIpc) is 1.97. The van der Waals surface area contributed by atoms with Gasteiger partial charge in [-0.05, 0) is 6.92 Å². The van der Waals surface area contributed by atoms with Crippen LogP contribution in [0.3, 0.4) is 0 Å². The fourth-order valence-corrected chi connectivity index (χ4v) is 0.676. The van der Waals surface area contributed by atoms with Crippen molar-refractivity contribution >= 4 is 25.7 Å². The molecule has 0 aromatic carbocycles. The molecule has 0 spiro atoms. The van der Waals surface area contributed by atoms with Crippen LogP contribution in [0.1, 0.15) is 6.92 Å². The van der Waals surface area contributed by atoms with Gasteiger partial charge in [0.1, 0.15) is 0 Å². The number of carbonyl (C=O) groups excluding carboxylic acids is 1. The van der Waals surface area contributed by atoms with Crippen molar-refractivity contribution in [1.29, 1.82) is 0 Å². The molecule has 0 amide bonds. The first-order valence-corrected chi connectivity index (χ1v) is 5.53. The molecular formula is C6H7ClF2O4S. The van der Waals surface area contributed by atoms with E-state index >= 15 is 0 Å². The van der Waals surface area contributed by atoms with Crippen molar-refractivity contribution in [3.63, 3.8) is 0 Å². The molecule has 0 aliphatic rings. The van der Waals surface area contributed by atoms with Crippen molar-refractivity contribution in [1.82, 2.24) is 0 Å². The van der Waals surface area contributed by atoms with E-state index in [4.69, 9.17) is 0 Å². The van der Waals surface area contributed by atoms with Gasteiger partial charge in [-0.3, -0.25) is 0 Å². The lowest BCUT2D eigenvalue weighted by atomic mass is 10.4. The molecule has 0 atom stereocenters. The maximum absolute atomic E-state index is 12.5. The summed E-state index contributed by atoms with van der Waals surface area (Å²) in [4.78, 5) is 10.6. The molecule has 0 bridgehead atoms. The summed E-state index contributed by atoms with van der Waals surface area (Å²) >= 11 is 0. The quantitative estimate of drug-likeness (QED) is 0.427. The summed E-state index contributed by atoms with van der Waals surface area (Å²) in [5.41, 5.74) is -0.118. The monoisotopic (exact) mass is 248 g/mol. The van der Waals surface area contributed by atoms with Crippen molar-refractivity contribution in [2.75, 3.05) is 6.61 Å². The second-order valence-electron chi connectivity index (χ2n) is 2.43. The van der Waals surface area contributed by atoms with Crippen LogP contribution in [0.5, 0.6) is 0 Å². The van der Waals surface area contributed by atoms with Gasteiger partial charge in [-0.15, -0.1) is 0 Å². The third-order valence-electron chi connectivity index (χ3n) is 1.08. The first-order chi connectivity index (χ1) is 6.08. The Bertz CT molecular complexity index is 349. The summed E-state index contributed by atoms with van der Waals surface area (Å²) in [5, 5.41) is -4.29. The van der Waals surface area contributed by atoms with Crippen LogP contribution >= 0.6 is 10.7 Å². The van der Waals surface area contributed by atoms with Crippen molar-refractivity contribution in [2.45, 2.75) is 12.2 Å². The van der Waals surface area contributed by atoms with E-state index in [0.29, 0.717) is 0 Å². The minimum atomic E-state index is -5.09. The topological polar surface area (TPSA) is 60.4 Å². The smallest absolute Gasteiger partial charge is 0.392 e. The zero-order valence-corrected chi connectivity index (χ0v) is 8.66. The number of halogens is 3. The highest BCUT2D eigenvalue weighted by atomic mass is 35.7. The third-order valence-corrected chi connectivity index (χ3v) is 2.59. The minimum absolute atomic E-state index is 0.118. The third kappa shape index (κ3) is 3.59. The molecule has 0 aromatic heterocycles. The zero-order chi connectivity index (χ0) is 11.6. The van der Waals surface area contributed by atoms with Gasteiger partial charge in [-0.2, -0.15) is 8.78 Å². The molecule has 0 aromatic rings. The lowest BCUT2D eigenvalue weighted by Gasteiger charge is -2.12. The molecule has 0 rings (SSSR count). The molecule has 0 radical (unpaired) electrons. The number of alkyl halides is 2. The molecule has 0 aliphatic carbocycles. The molecular weight excluding hydrogens is 242 g/mol. The Morgan fingerprint density at radius 3 is 2.29 bits per heavy atom. The maximum atomic E-state index is 12.5. The van der Waals surface area contributed by atoms with Gasteiger partial charge in [0.05, 0.1) is 0 Å². The van der Waals surface area contributed by atoms with Gasteiger partial charge < -0.3 is 4.74 Å². The number of ether oxygens (including phenoxy) is 1. The molecule has 82 valence electrons. The fourth-order valence-electron chi connectivity index (χ4n) is 0.343. The Morgan fingerprint density at radius 1 is 1.57 bits per heavy atom.